The third kappa shape index (κ3) is 2.83. The van der Waals surface area contributed by atoms with Crippen LogP contribution in [0.15, 0.2) is 0 Å². The van der Waals surface area contributed by atoms with Crippen molar-refractivity contribution in [2.45, 2.75) is 13.0 Å². The standard InChI is InChI=1S/C7H12N4O2S.ClH/c1-14(12,13)11-7-5-4-8-3-2-6(5)9-10-7;/h8H,2-4H2,1H3,(H2,9,10,11);1H. The second-order valence-electron chi connectivity index (χ2n) is 3.33. The van der Waals surface area contributed by atoms with Gasteiger partial charge in [-0.2, -0.15) is 5.10 Å². The highest BCUT2D eigenvalue weighted by Gasteiger charge is 2.18. The summed E-state index contributed by atoms with van der Waals surface area (Å²) in [4.78, 5) is 0. The number of halogens is 1. The molecule has 0 saturated heterocycles. The van der Waals surface area contributed by atoms with Crippen LogP contribution in [0.5, 0.6) is 0 Å². The molecule has 0 saturated carbocycles. The first-order chi connectivity index (χ1) is 6.56. The van der Waals surface area contributed by atoms with Crippen LogP contribution in [-0.2, 0) is 23.0 Å². The van der Waals surface area contributed by atoms with Gasteiger partial charge in [-0.3, -0.25) is 9.82 Å². The largest absolute Gasteiger partial charge is 0.312 e. The number of nitrogens with zero attached hydrogens (tertiary/aromatic N) is 1. The highest BCUT2D eigenvalue weighted by molar-refractivity contribution is 7.92. The second kappa shape index (κ2) is 4.38. The average Bonchev–Trinajstić information content (AvgIpc) is 2.47. The molecule has 0 aliphatic carbocycles. The van der Waals surface area contributed by atoms with Crippen molar-refractivity contribution in [3.63, 3.8) is 0 Å². The molecule has 2 rings (SSSR count). The summed E-state index contributed by atoms with van der Waals surface area (Å²) in [5.74, 6) is 0.412. The van der Waals surface area contributed by atoms with Crippen LogP contribution in [0.3, 0.4) is 0 Å². The van der Waals surface area contributed by atoms with E-state index in [1.165, 1.54) is 0 Å². The van der Waals surface area contributed by atoms with E-state index in [0.29, 0.717) is 12.4 Å². The zero-order valence-electron chi connectivity index (χ0n) is 8.20. The maximum atomic E-state index is 11.0. The molecule has 0 spiro atoms. The van der Waals surface area contributed by atoms with Gasteiger partial charge >= 0.3 is 0 Å². The molecule has 0 atom stereocenters. The molecule has 0 amide bonds. The lowest BCUT2D eigenvalue weighted by atomic mass is 10.1. The van der Waals surface area contributed by atoms with Gasteiger partial charge in [-0.1, -0.05) is 0 Å². The molecule has 2 heterocycles. The van der Waals surface area contributed by atoms with Crippen LogP contribution in [-0.4, -0.2) is 31.4 Å². The summed E-state index contributed by atoms with van der Waals surface area (Å²) in [7, 11) is -3.24. The third-order valence-electron chi connectivity index (χ3n) is 2.09. The van der Waals surface area contributed by atoms with Gasteiger partial charge in [0, 0.05) is 30.8 Å². The van der Waals surface area contributed by atoms with E-state index in [1.807, 2.05) is 0 Å². The van der Waals surface area contributed by atoms with Gasteiger partial charge in [-0.05, 0) is 0 Å². The van der Waals surface area contributed by atoms with Crippen molar-refractivity contribution in [2.24, 2.45) is 0 Å². The molecule has 0 unspecified atom stereocenters. The molecular weight excluding hydrogens is 240 g/mol. The molecule has 3 N–H and O–H groups in total. The number of nitrogens with one attached hydrogen (secondary N) is 3. The molecule has 1 aliphatic rings. The number of aromatic amines is 1. The fraction of sp³-hybridized carbons (Fsp3) is 0.571. The average molecular weight is 253 g/mol. The fourth-order valence-electron chi connectivity index (χ4n) is 1.49. The first kappa shape index (κ1) is 12.3. The molecule has 0 aromatic carbocycles. The van der Waals surface area contributed by atoms with Gasteiger partial charge in [-0.25, -0.2) is 8.42 Å². The number of aromatic nitrogens is 2. The van der Waals surface area contributed by atoms with E-state index in [2.05, 4.69) is 20.2 Å². The van der Waals surface area contributed by atoms with Crippen LogP contribution in [0.1, 0.15) is 11.3 Å². The molecule has 1 aliphatic heterocycles. The number of anilines is 1. The van der Waals surface area contributed by atoms with Gasteiger partial charge in [0.2, 0.25) is 10.0 Å². The van der Waals surface area contributed by atoms with E-state index in [-0.39, 0.29) is 12.4 Å². The molecule has 15 heavy (non-hydrogen) atoms. The Bertz CT molecular complexity index is 442. The minimum Gasteiger partial charge on any atom is -0.312 e. The van der Waals surface area contributed by atoms with Crippen LogP contribution < -0.4 is 10.0 Å². The van der Waals surface area contributed by atoms with Gasteiger partial charge in [0.15, 0.2) is 5.82 Å². The predicted molar refractivity (Wildman–Crippen MR) is 59.7 cm³/mol. The van der Waals surface area contributed by atoms with Crippen molar-refractivity contribution in [3.8, 4) is 0 Å². The lowest BCUT2D eigenvalue weighted by Crippen LogP contribution is -2.24. The number of fused-ring (bicyclic) bond motifs is 1. The highest BCUT2D eigenvalue weighted by atomic mass is 35.5. The molecule has 86 valence electrons. The Morgan fingerprint density at radius 3 is 2.87 bits per heavy atom. The number of hydrogen-bond acceptors (Lipinski definition) is 4. The Kier molecular flexibility index (Phi) is 3.58. The van der Waals surface area contributed by atoms with Gasteiger partial charge in [0.05, 0.1) is 6.26 Å². The van der Waals surface area contributed by atoms with E-state index in [4.69, 9.17) is 0 Å². The van der Waals surface area contributed by atoms with Gasteiger partial charge in [0.1, 0.15) is 0 Å². The fourth-order valence-corrected chi connectivity index (χ4v) is 2.01. The van der Waals surface area contributed by atoms with E-state index < -0.39 is 10.0 Å². The molecule has 0 radical (unpaired) electrons. The Balaban J connectivity index is 0.00000112. The molecule has 0 bridgehead atoms. The maximum Gasteiger partial charge on any atom is 0.231 e. The zero-order chi connectivity index (χ0) is 10.2. The lowest BCUT2D eigenvalue weighted by Gasteiger charge is -2.12. The first-order valence-corrected chi connectivity index (χ1v) is 6.20. The van der Waals surface area contributed by atoms with E-state index in [9.17, 15) is 8.42 Å². The summed E-state index contributed by atoms with van der Waals surface area (Å²) in [5.41, 5.74) is 1.93. The monoisotopic (exact) mass is 252 g/mol. The van der Waals surface area contributed by atoms with Crippen molar-refractivity contribution in [1.29, 1.82) is 0 Å². The van der Waals surface area contributed by atoms with E-state index >= 15 is 0 Å². The number of rotatable bonds is 2. The third-order valence-corrected chi connectivity index (χ3v) is 2.65. The predicted octanol–water partition coefficient (Wildman–Crippen LogP) is -0.151. The maximum absolute atomic E-state index is 11.0. The van der Waals surface area contributed by atoms with Crippen molar-refractivity contribution in [3.05, 3.63) is 11.3 Å². The minimum absolute atomic E-state index is 0. The zero-order valence-corrected chi connectivity index (χ0v) is 9.83. The smallest absolute Gasteiger partial charge is 0.231 e. The Hall–Kier alpha value is -0.790. The first-order valence-electron chi connectivity index (χ1n) is 4.31. The molecule has 8 heteroatoms. The van der Waals surface area contributed by atoms with E-state index in [0.717, 1.165) is 30.5 Å². The molecule has 6 nitrogen and oxygen atoms in total. The summed E-state index contributed by atoms with van der Waals surface area (Å²) >= 11 is 0. The van der Waals surface area contributed by atoms with Crippen molar-refractivity contribution in [2.75, 3.05) is 17.5 Å². The van der Waals surface area contributed by atoms with Crippen LogP contribution >= 0.6 is 12.4 Å². The van der Waals surface area contributed by atoms with Crippen molar-refractivity contribution < 1.29 is 8.42 Å². The highest BCUT2D eigenvalue weighted by Crippen LogP contribution is 2.19. The number of hydrogen-bond donors (Lipinski definition) is 3. The number of sulfonamides is 1. The Morgan fingerprint density at radius 1 is 1.47 bits per heavy atom. The quantitative estimate of drug-likeness (QED) is 0.683. The van der Waals surface area contributed by atoms with Crippen LogP contribution in [0.2, 0.25) is 0 Å². The van der Waals surface area contributed by atoms with E-state index in [1.54, 1.807) is 0 Å². The Morgan fingerprint density at radius 2 is 2.20 bits per heavy atom. The molecule has 1 aromatic heterocycles. The van der Waals surface area contributed by atoms with Crippen molar-refractivity contribution in [1.82, 2.24) is 15.5 Å². The summed E-state index contributed by atoms with van der Waals surface area (Å²) in [6.07, 6.45) is 1.97. The second-order valence-corrected chi connectivity index (χ2v) is 5.08. The SMILES string of the molecule is CS(=O)(=O)Nc1n[nH]c2c1CNCC2.Cl. The molecule has 1 aromatic rings. The summed E-state index contributed by atoms with van der Waals surface area (Å²) in [5, 5.41) is 9.92. The topological polar surface area (TPSA) is 86.9 Å². The molecular formula is C7H13ClN4O2S. The van der Waals surface area contributed by atoms with Crippen LogP contribution in [0.25, 0.3) is 0 Å². The number of H-pyrrole nitrogens is 1. The Labute approximate surface area is 94.3 Å². The summed E-state index contributed by atoms with van der Waals surface area (Å²) in [6.45, 7) is 1.55. The van der Waals surface area contributed by atoms with Crippen molar-refractivity contribution >= 4 is 28.2 Å². The summed E-state index contributed by atoms with van der Waals surface area (Å²) < 4.78 is 24.4. The van der Waals surface area contributed by atoms with Gasteiger partial charge in [-0.15, -0.1) is 12.4 Å². The normalized spacial score (nSPS) is 15.3. The minimum atomic E-state index is -3.24. The van der Waals surface area contributed by atoms with Gasteiger partial charge in [0.25, 0.3) is 0 Å². The lowest BCUT2D eigenvalue weighted by molar-refractivity contribution is 0.606. The van der Waals surface area contributed by atoms with Crippen LogP contribution in [0.4, 0.5) is 5.82 Å². The molecule has 0 fully saturated rings. The van der Waals surface area contributed by atoms with Crippen LogP contribution in [0, 0.1) is 0 Å². The van der Waals surface area contributed by atoms with Gasteiger partial charge < -0.3 is 5.32 Å². The summed E-state index contributed by atoms with van der Waals surface area (Å²) in [6, 6.07) is 0.